The second-order valence-electron chi connectivity index (χ2n) is 5.15. The molecule has 1 rings (SSSR count). The van der Waals surface area contributed by atoms with Crippen LogP contribution in [0.25, 0.3) is 0 Å². The topological polar surface area (TPSA) is 218 Å². The van der Waals surface area contributed by atoms with Gasteiger partial charge in [0.25, 0.3) is 5.79 Å². The predicted octanol–water partition coefficient (Wildman–Crippen LogP) is -4.26. The number of nitrogens with one attached hydrogen (secondary N) is 3. The lowest BCUT2D eigenvalue weighted by Crippen LogP contribution is -2.71. The first-order valence-electron chi connectivity index (χ1n) is 6.74. The minimum Gasteiger partial charge on any atom is -0.475 e. The molecule has 0 aromatic heterocycles. The Bertz CT molecular complexity index is 553. The SMILES string of the molecule is CC(=O)N[C@@H]1[C@@H](NC(=N)N)C=C(C(=O)O)O[C@@]1(O)[C@H](O)[C@H](O)CO. The molecule has 1 heterocycles. The van der Waals surface area contributed by atoms with Crippen molar-refractivity contribution in [1.29, 1.82) is 5.41 Å². The zero-order valence-corrected chi connectivity index (χ0v) is 12.6. The number of carbonyl (C=O) groups is 2. The van der Waals surface area contributed by atoms with Gasteiger partial charge in [0.2, 0.25) is 11.7 Å². The third-order valence-corrected chi connectivity index (χ3v) is 3.28. The van der Waals surface area contributed by atoms with Crippen LogP contribution in [0.1, 0.15) is 6.92 Å². The van der Waals surface area contributed by atoms with E-state index in [2.05, 4.69) is 10.6 Å². The summed E-state index contributed by atoms with van der Waals surface area (Å²) in [5, 5.41) is 60.1. The fourth-order valence-electron chi connectivity index (χ4n) is 2.24. The highest BCUT2D eigenvalue weighted by Crippen LogP contribution is 2.31. The van der Waals surface area contributed by atoms with Crippen LogP contribution in [0.4, 0.5) is 0 Å². The van der Waals surface area contributed by atoms with Crippen LogP contribution in [-0.2, 0) is 14.3 Å². The highest BCUT2D eigenvalue weighted by Gasteiger charge is 2.55. The fourth-order valence-corrected chi connectivity index (χ4v) is 2.24. The van der Waals surface area contributed by atoms with Gasteiger partial charge in [0.05, 0.1) is 12.6 Å². The van der Waals surface area contributed by atoms with E-state index >= 15 is 0 Å². The van der Waals surface area contributed by atoms with Crippen LogP contribution < -0.4 is 16.4 Å². The molecule has 1 aliphatic heterocycles. The van der Waals surface area contributed by atoms with Crippen LogP contribution in [0, 0.1) is 5.41 Å². The standard InChI is InChI=1S/C12H20N4O8/c1-4(18)15-8-5(16-11(13)14)2-7(10(21)22)24-12(8,23)9(20)6(19)3-17/h2,5-6,8-9,17,19-20,23H,3H2,1H3,(H,15,18)(H,21,22)(H4,13,14,16)/t5-,6+,8+,9+,12+/m0/s1. The molecule has 24 heavy (non-hydrogen) atoms. The highest BCUT2D eigenvalue weighted by atomic mass is 16.7. The molecule has 0 bridgehead atoms. The summed E-state index contributed by atoms with van der Waals surface area (Å²) in [6.07, 6.45) is -3.17. The average molecular weight is 348 g/mol. The molecule has 0 saturated heterocycles. The molecule has 0 aliphatic carbocycles. The van der Waals surface area contributed by atoms with Crippen molar-refractivity contribution in [2.24, 2.45) is 5.73 Å². The molecule has 0 aromatic carbocycles. The predicted molar refractivity (Wildman–Crippen MR) is 77.3 cm³/mol. The third kappa shape index (κ3) is 4.11. The van der Waals surface area contributed by atoms with Gasteiger partial charge in [0.1, 0.15) is 18.2 Å². The van der Waals surface area contributed by atoms with Crippen LogP contribution in [0.3, 0.4) is 0 Å². The molecule has 0 fully saturated rings. The molecule has 12 heteroatoms. The van der Waals surface area contributed by atoms with E-state index in [1.807, 2.05) is 0 Å². The molecule has 10 N–H and O–H groups in total. The molecule has 0 saturated carbocycles. The molecule has 5 atom stereocenters. The molecule has 136 valence electrons. The Morgan fingerprint density at radius 1 is 1.46 bits per heavy atom. The highest BCUT2D eigenvalue weighted by molar-refractivity contribution is 5.85. The van der Waals surface area contributed by atoms with Crippen LogP contribution in [-0.4, -0.2) is 80.1 Å². The van der Waals surface area contributed by atoms with Crippen molar-refractivity contribution in [1.82, 2.24) is 10.6 Å². The number of amides is 1. The van der Waals surface area contributed by atoms with Crippen molar-refractivity contribution in [2.75, 3.05) is 6.61 Å². The first kappa shape index (κ1) is 19.6. The van der Waals surface area contributed by atoms with Gasteiger partial charge < -0.3 is 46.6 Å². The summed E-state index contributed by atoms with van der Waals surface area (Å²) in [7, 11) is 0. The minimum atomic E-state index is -2.83. The van der Waals surface area contributed by atoms with Gasteiger partial charge in [-0.3, -0.25) is 10.2 Å². The van der Waals surface area contributed by atoms with E-state index in [-0.39, 0.29) is 0 Å². The summed E-state index contributed by atoms with van der Waals surface area (Å²) in [4.78, 5) is 22.6. The van der Waals surface area contributed by atoms with Gasteiger partial charge in [-0.15, -0.1) is 0 Å². The molecule has 1 amide bonds. The second kappa shape index (κ2) is 7.44. The van der Waals surface area contributed by atoms with E-state index in [9.17, 15) is 24.9 Å². The largest absolute Gasteiger partial charge is 0.475 e. The Morgan fingerprint density at radius 2 is 2.04 bits per heavy atom. The summed E-state index contributed by atoms with van der Waals surface area (Å²) in [5.41, 5.74) is 5.20. The van der Waals surface area contributed by atoms with Crippen LogP contribution in [0.15, 0.2) is 11.8 Å². The van der Waals surface area contributed by atoms with Crippen molar-refractivity contribution in [3.05, 3.63) is 11.8 Å². The Labute approximate surface area is 136 Å². The molecule has 1 aliphatic rings. The summed E-state index contributed by atoms with van der Waals surface area (Å²) in [6, 6.07) is -2.81. The van der Waals surface area contributed by atoms with Crippen molar-refractivity contribution < 1.29 is 39.9 Å². The maximum atomic E-state index is 11.4. The van der Waals surface area contributed by atoms with E-state index in [4.69, 9.17) is 26.1 Å². The van der Waals surface area contributed by atoms with Gasteiger partial charge >= 0.3 is 5.97 Å². The van der Waals surface area contributed by atoms with Crippen LogP contribution in [0.2, 0.25) is 0 Å². The van der Waals surface area contributed by atoms with Gasteiger partial charge in [-0.05, 0) is 6.08 Å². The van der Waals surface area contributed by atoms with E-state index in [0.29, 0.717) is 0 Å². The number of rotatable bonds is 6. The van der Waals surface area contributed by atoms with Crippen molar-refractivity contribution >= 4 is 17.8 Å². The van der Waals surface area contributed by atoms with Gasteiger partial charge in [-0.2, -0.15) is 0 Å². The lowest BCUT2D eigenvalue weighted by Gasteiger charge is -2.45. The lowest BCUT2D eigenvalue weighted by molar-refractivity contribution is -0.280. The van der Waals surface area contributed by atoms with Gasteiger partial charge in [-0.25, -0.2) is 4.79 Å². The van der Waals surface area contributed by atoms with Gasteiger partial charge in [0, 0.05) is 6.92 Å². The summed E-state index contributed by atoms with van der Waals surface area (Å²) >= 11 is 0. The number of carbonyl (C=O) groups excluding carboxylic acids is 1. The van der Waals surface area contributed by atoms with Gasteiger partial charge in [-0.1, -0.05) is 0 Å². The number of aliphatic hydroxyl groups excluding tert-OH is 3. The maximum absolute atomic E-state index is 11.4. The quantitative estimate of drug-likeness (QED) is 0.166. The average Bonchev–Trinajstić information content (AvgIpc) is 2.47. The van der Waals surface area contributed by atoms with Crippen molar-refractivity contribution in [3.8, 4) is 0 Å². The first-order chi connectivity index (χ1) is 11.0. The summed E-state index contributed by atoms with van der Waals surface area (Å²) in [5.74, 6) is -6.56. The normalized spacial score (nSPS) is 28.8. The van der Waals surface area contributed by atoms with Crippen molar-refractivity contribution in [2.45, 2.75) is 37.0 Å². The van der Waals surface area contributed by atoms with Gasteiger partial charge in [0.15, 0.2) is 5.96 Å². The first-order valence-corrected chi connectivity index (χ1v) is 6.74. The van der Waals surface area contributed by atoms with E-state index in [0.717, 1.165) is 13.0 Å². The van der Waals surface area contributed by atoms with E-state index in [1.165, 1.54) is 0 Å². The molecule has 12 nitrogen and oxygen atoms in total. The third-order valence-electron chi connectivity index (χ3n) is 3.28. The zero-order valence-electron chi connectivity index (χ0n) is 12.6. The monoisotopic (exact) mass is 348 g/mol. The number of ether oxygens (including phenoxy) is 1. The Kier molecular flexibility index (Phi) is 6.09. The fraction of sp³-hybridized carbons (Fsp3) is 0.583. The molecule has 0 radical (unpaired) electrons. The Morgan fingerprint density at radius 3 is 2.46 bits per heavy atom. The molecular formula is C12H20N4O8. The maximum Gasteiger partial charge on any atom is 0.371 e. The number of aliphatic hydroxyl groups is 4. The molecular weight excluding hydrogens is 328 g/mol. The molecule has 0 spiro atoms. The molecule has 0 aromatic rings. The Hall–Kier alpha value is -2.41. The Balaban J connectivity index is 3.40. The smallest absolute Gasteiger partial charge is 0.371 e. The number of hydrogen-bond acceptors (Lipinski definition) is 8. The summed E-state index contributed by atoms with van der Waals surface area (Å²) < 4.78 is 4.88. The second-order valence-corrected chi connectivity index (χ2v) is 5.15. The van der Waals surface area contributed by atoms with Crippen LogP contribution in [0.5, 0.6) is 0 Å². The molecule has 0 unspecified atom stereocenters. The number of aliphatic carboxylic acids is 1. The summed E-state index contributed by atoms with van der Waals surface area (Å²) in [6.45, 7) is 0.104. The number of hydrogen-bond donors (Lipinski definition) is 9. The minimum absolute atomic E-state index is 0.613. The number of carboxylic acids is 1. The van der Waals surface area contributed by atoms with E-state index in [1.54, 1.807) is 0 Å². The number of guanidine groups is 1. The van der Waals surface area contributed by atoms with Crippen LogP contribution >= 0.6 is 0 Å². The van der Waals surface area contributed by atoms with Crippen molar-refractivity contribution in [3.63, 3.8) is 0 Å². The number of carboxylic acid groups (broad SMARTS) is 1. The van der Waals surface area contributed by atoms with E-state index < -0.39 is 60.3 Å². The number of nitrogens with two attached hydrogens (primary N) is 1. The zero-order chi connectivity index (χ0) is 18.7. The lowest BCUT2D eigenvalue weighted by atomic mass is 9.88.